The van der Waals surface area contributed by atoms with Crippen LogP contribution in [-0.2, 0) is 6.54 Å². The molecule has 2 aromatic carbocycles. The second-order valence-electron chi connectivity index (χ2n) is 4.67. The molecule has 0 unspecified atom stereocenters. The molecule has 0 aromatic heterocycles. The van der Waals surface area contributed by atoms with Gasteiger partial charge in [-0.05, 0) is 35.9 Å². The van der Waals surface area contributed by atoms with Crippen LogP contribution in [0.25, 0.3) is 0 Å². The predicted octanol–water partition coefficient (Wildman–Crippen LogP) is 3.29. The molecular weight excluding hydrogens is 314 g/mol. The molecule has 4 nitrogen and oxygen atoms in total. The van der Waals surface area contributed by atoms with Crippen LogP contribution < -0.4 is 14.8 Å². The molecule has 0 radical (unpaired) electrons. The van der Waals surface area contributed by atoms with Crippen LogP contribution in [0.2, 0.25) is 5.02 Å². The molecule has 1 amide bonds. The fourth-order valence-electron chi connectivity index (χ4n) is 1.98. The average Bonchev–Trinajstić information content (AvgIpc) is 2.57. The zero-order chi connectivity index (χ0) is 16.7. The third-order valence-electron chi connectivity index (χ3n) is 3.08. The van der Waals surface area contributed by atoms with Crippen LogP contribution in [0.15, 0.2) is 42.5 Å². The van der Waals surface area contributed by atoms with Gasteiger partial charge in [0, 0.05) is 17.1 Å². The summed E-state index contributed by atoms with van der Waals surface area (Å²) >= 11 is 5.88. The number of ether oxygens (including phenoxy) is 2. The molecule has 0 saturated heterocycles. The summed E-state index contributed by atoms with van der Waals surface area (Å²) in [5, 5.41) is 3.35. The van der Waals surface area contributed by atoms with Gasteiger partial charge in [-0.3, -0.25) is 4.79 Å². The first kappa shape index (κ1) is 16.7. The Kier molecular flexibility index (Phi) is 5.90. The topological polar surface area (TPSA) is 47.6 Å². The summed E-state index contributed by atoms with van der Waals surface area (Å²) in [5.41, 5.74) is 1.38. The Hall–Kier alpha value is -2.64. The number of benzene rings is 2. The van der Waals surface area contributed by atoms with Gasteiger partial charge in [0.25, 0.3) is 5.91 Å². The number of terminal acetylenes is 1. The van der Waals surface area contributed by atoms with Crippen molar-refractivity contribution >= 4 is 17.5 Å². The van der Waals surface area contributed by atoms with Crippen molar-refractivity contribution in [2.24, 2.45) is 0 Å². The van der Waals surface area contributed by atoms with E-state index in [1.165, 1.54) is 0 Å². The number of hydrogen-bond acceptors (Lipinski definition) is 3. The summed E-state index contributed by atoms with van der Waals surface area (Å²) < 4.78 is 10.6. The largest absolute Gasteiger partial charge is 0.493 e. The van der Waals surface area contributed by atoms with Crippen LogP contribution in [0.5, 0.6) is 11.5 Å². The summed E-state index contributed by atoms with van der Waals surface area (Å²) in [6, 6.07) is 12.2. The third kappa shape index (κ3) is 4.67. The molecule has 0 aliphatic carbocycles. The van der Waals surface area contributed by atoms with Gasteiger partial charge in [-0.15, -0.1) is 6.42 Å². The molecule has 0 aliphatic heterocycles. The highest BCUT2D eigenvalue weighted by molar-refractivity contribution is 6.30. The Morgan fingerprint density at radius 1 is 1.26 bits per heavy atom. The third-order valence-corrected chi connectivity index (χ3v) is 3.31. The first-order valence-corrected chi connectivity index (χ1v) is 7.28. The van der Waals surface area contributed by atoms with E-state index in [0.717, 1.165) is 5.56 Å². The Labute approximate surface area is 140 Å². The Bertz CT molecular complexity index is 737. The van der Waals surface area contributed by atoms with Crippen molar-refractivity contribution in [2.45, 2.75) is 6.54 Å². The standard InChI is InChI=1S/C18H16ClNO3/c1-3-9-23-17-10-13(7-8-16(17)22-2)12-20-18(21)14-5-4-6-15(19)11-14/h1,4-8,10-11H,9,12H2,2H3,(H,20,21). The fourth-order valence-corrected chi connectivity index (χ4v) is 2.17. The molecule has 0 heterocycles. The van der Waals surface area contributed by atoms with Crippen LogP contribution in [-0.4, -0.2) is 19.6 Å². The zero-order valence-electron chi connectivity index (χ0n) is 12.6. The Morgan fingerprint density at radius 3 is 2.78 bits per heavy atom. The fraction of sp³-hybridized carbons (Fsp3) is 0.167. The predicted molar refractivity (Wildman–Crippen MR) is 89.9 cm³/mol. The lowest BCUT2D eigenvalue weighted by Crippen LogP contribution is -2.22. The van der Waals surface area contributed by atoms with Gasteiger partial charge in [0.2, 0.25) is 0 Å². The van der Waals surface area contributed by atoms with Crippen LogP contribution in [0.1, 0.15) is 15.9 Å². The lowest BCUT2D eigenvalue weighted by molar-refractivity contribution is 0.0951. The van der Waals surface area contributed by atoms with Gasteiger partial charge in [0.1, 0.15) is 6.61 Å². The van der Waals surface area contributed by atoms with Crippen molar-refractivity contribution < 1.29 is 14.3 Å². The quantitative estimate of drug-likeness (QED) is 0.827. The number of amides is 1. The highest BCUT2D eigenvalue weighted by Crippen LogP contribution is 2.28. The monoisotopic (exact) mass is 329 g/mol. The van der Waals surface area contributed by atoms with Crippen LogP contribution >= 0.6 is 11.6 Å². The van der Waals surface area contributed by atoms with E-state index in [1.807, 2.05) is 6.07 Å². The average molecular weight is 330 g/mol. The summed E-state index contributed by atoms with van der Waals surface area (Å²) in [4.78, 5) is 12.1. The number of carbonyl (C=O) groups excluding carboxylic acids is 1. The maximum absolute atomic E-state index is 12.1. The summed E-state index contributed by atoms with van der Waals surface area (Å²) in [7, 11) is 1.55. The van der Waals surface area contributed by atoms with E-state index in [0.29, 0.717) is 28.6 Å². The number of methoxy groups -OCH3 is 1. The van der Waals surface area contributed by atoms with Gasteiger partial charge in [-0.2, -0.15) is 0 Å². The summed E-state index contributed by atoms with van der Waals surface area (Å²) in [6.07, 6.45) is 5.20. The highest BCUT2D eigenvalue weighted by atomic mass is 35.5. The molecule has 2 rings (SSSR count). The van der Waals surface area contributed by atoms with Crippen molar-refractivity contribution in [2.75, 3.05) is 13.7 Å². The van der Waals surface area contributed by atoms with Crippen molar-refractivity contribution in [3.8, 4) is 23.8 Å². The Morgan fingerprint density at radius 2 is 2.09 bits per heavy atom. The van der Waals surface area contributed by atoms with E-state index in [2.05, 4.69) is 11.2 Å². The number of halogens is 1. The molecule has 2 aromatic rings. The van der Waals surface area contributed by atoms with Gasteiger partial charge < -0.3 is 14.8 Å². The first-order chi connectivity index (χ1) is 11.1. The van der Waals surface area contributed by atoms with Crippen LogP contribution in [0.4, 0.5) is 0 Å². The molecule has 0 spiro atoms. The molecule has 0 saturated carbocycles. The minimum absolute atomic E-state index is 0.148. The SMILES string of the molecule is C#CCOc1cc(CNC(=O)c2cccc(Cl)c2)ccc1OC. The number of rotatable bonds is 6. The maximum Gasteiger partial charge on any atom is 0.251 e. The molecule has 23 heavy (non-hydrogen) atoms. The highest BCUT2D eigenvalue weighted by Gasteiger charge is 2.08. The van der Waals surface area contributed by atoms with Gasteiger partial charge in [0.15, 0.2) is 11.5 Å². The van der Waals surface area contributed by atoms with Gasteiger partial charge in [0.05, 0.1) is 7.11 Å². The minimum Gasteiger partial charge on any atom is -0.493 e. The number of hydrogen-bond donors (Lipinski definition) is 1. The second kappa shape index (κ2) is 8.11. The maximum atomic E-state index is 12.1. The first-order valence-electron chi connectivity index (χ1n) is 6.91. The van der Waals surface area contributed by atoms with Gasteiger partial charge in [-0.25, -0.2) is 0 Å². The molecule has 0 fully saturated rings. The van der Waals surface area contributed by atoms with Crippen LogP contribution in [0, 0.1) is 12.3 Å². The van der Waals surface area contributed by atoms with Crippen LogP contribution in [0.3, 0.4) is 0 Å². The second-order valence-corrected chi connectivity index (χ2v) is 5.11. The lowest BCUT2D eigenvalue weighted by atomic mass is 10.1. The zero-order valence-corrected chi connectivity index (χ0v) is 13.4. The van der Waals surface area contributed by atoms with Crippen molar-refractivity contribution in [3.05, 3.63) is 58.6 Å². The Balaban J connectivity index is 2.05. The van der Waals surface area contributed by atoms with E-state index in [-0.39, 0.29) is 12.5 Å². The molecule has 0 aliphatic rings. The van der Waals surface area contributed by atoms with Crippen molar-refractivity contribution in [3.63, 3.8) is 0 Å². The van der Waals surface area contributed by atoms with Gasteiger partial charge >= 0.3 is 0 Å². The number of carbonyl (C=O) groups is 1. The molecule has 118 valence electrons. The van der Waals surface area contributed by atoms with E-state index in [9.17, 15) is 4.79 Å². The summed E-state index contributed by atoms with van der Waals surface area (Å²) in [6.45, 7) is 0.496. The number of nitrogens with one attached hydrogen (secondary N) is 1. The summed E-state index contributed by atoms with van der Waals surface area (Å²) in [5.74, 6) is 3.33. The van der Waals surface area contributed by atoms with E-state index in [1.54, 1.807) is 43.5 Å². The van der Waals surface area contributed by atoms with Gasteiger partial charge in [-0.1, -0.05) is 29.7 Å². The van der Waals surface area contributed by atoms with E-state index < -0.39 is 0 Å². The normalized spacial score (nSPS) is 9.78. The smallest absolute Gasteiger partial charge is 0.251 e. The molecule has 5 heteroatoms. The molecule has 1 N–H and O–H groups in total. The molecule has 0 bridgehead atoms. The van der Waals surface area contributed by atoms with E-state index in [4.69, 9.17) is 27.5 Å². The van der Waals surface area contributed by atoms with E-state index >= 15 is 0 Å². The molecular formula is C18H16ClNO3. The minimum atomic E-state index is -0.200. The lowest BCUT2D eigenvalue weighted by Gasteiger charge is -2.11. The van der Waals surface area contributed by atoms with Crippen molar-refractivity contribution in [1.82, 2.24) is 5.32 Å². The van der Waals surface area contributed by atoms with Crippen molar-refractivity contribution in [1.29, 1.82) is 0 Å². The molecule has 0 atom stereocenters.